The number of aromatic nitrogens is 3. The maximum atomic E-state index is 5.89. The number of rotatable bonds is 5. The van der Waals surface area contributed by atoms with Gasteiger partial charge in [-0.3, -0.25) is 4.90 Å². The molecule has 2 aliphatic rings. The van der Waals surface area contributed by atoms with Crippen LogP contribution < -0.4 is 5.32 Å². The minimum atomic E-state index is 0.719. The summed E-state index contributed by atoms with van der Waals surface area (Å²) in [7, 11) is 0. The molecule has 1 aliphatic carbocycles. The largest absolute Gasteiger partial charge is 0.463 e. The molecule has 0 atom stereocenters. The Morgan fingerprint density at radius 3 is 3.05 bits per heavy atom. The Balaban J connectivity index is 1.34. The van der Waals surface area contributed by atoms with Crippen molar-refractivity contribution < 1.29 is 4.42 Å². The molecule has 106 valence electrons. The lowest BCUT2D eigenvalue weighted by atomic mass is 10.3. The van der Waals surface area contributed by atoms with Crippen LogP contribution in [0.2, 0.25) is 0 Å². The van der Waals surface area contributed by atoms with Crippen molar-refractivity contribution in [3.8, 4) is 0 Å². The molecule has 0 unspecified atom stereocenters. The Bertz CT molecular complexity index is 586. The summed E-state index contributed by atoms with van der Waals surface area (Å²) >= 11 is 0. The highest BCUT2D eigenvalue weighted by Crippen LogP contribution is 2.20. The van der Waals surface area contributed by atoms with Crippen LogP contribution in [0.25, 0.3) is 0 Å². The van der Waals surface area contributed by atoms with Gasteiger partial charge < -0.3 is 14.3 Å². The van der Waals surface area contributed by atoms with Crippen LogP contribution in [0.15, 0.2) is 22.9 Å². The Morgan fingerprint density at radius 1 is 1.25 bits per heavy atom. The third-order valence-electron chi connectivity index (χ3n) is 3.96. The minimum Gasteiger partial charge on any atom is -0.463 e. The summed E-state index contributed by atoms with van der Waals surface area (Å²) in [6, 6.07) is 4.89. The third-order valence-corrected chi connectivity index (χ3v) is 3.96. The van der Waals surface area contributed by atoms with Gasteiger partial charge in [0.1, 0.15) is 23.7 Å². The molecular weight excluding hydrogens is 254 g/mol. The summed E-state index contributed by atoms with van der Waals surface area (Å²) < 4.78 is 8.00. The van der Waals surface area contributed by atoms with Crippen molar-refractivity contribution >= 4 is 0 Å². The van der Waals surface area contributed by atoms with Crippen molar-refractivity contribution in [2.75, 3.05) is 6.54 Å². The Morgan fingerprint density at radius 2 is 2.15 bits per heavy atom. The molecule has 20 heavy (non-hydrogen) atoms. The fourth-order valence-electron chi connectivity index (χ4n) is 2.61. The molecule has 1 saturated carbocycles. The number of furan rings is 1. The van der Waals surface area contributed by atoms with Gasteiger partial charge in [0.2, 0.25) is 0 Å². The fourth-order valence-corrected chi connectivity index (χ4v) is 2.61. The second-order valence-electron chi connectivity index (χ2n) is 5.67. The molecule has 4 rings (SSSR count). The Hall–Kier alpha value is -1.66. The molecule has 3 heterocycles. The van der Waals surface area contributed by atoms with Crippen molar-refractivity contribution in [1.82, 2.24) is 25.0 Å². The first-order chi connectivity index (χ1) is 9.87. The highest BCUT2D eigenvalue weighted by Gasteiger charge is 2.21. The normalized spacial score (nSPS) is 19.2. The highest BCUT2D eigenvalue weighted by atomic mass is 16.3. The molecule has 1 N–H and O–H groups in total. The van der Waals surface area contributed by atoms with E-state index in [2.05, 4.69) is 37.1 Å². The molecule has 0 radical (unpaired) electrons. The van der Waals surface area contributed by atoms with E-state index in [1.54, 1.807) is 6.33 Å². The van der Waals surface area contributed by atoms with Gasteiger partial charge in [-0.2, -0.15) is 0 Å². The van der Waals surface area contributed by atoms with Crippen molar-refractivity contribution in [2.24, 2.45) is 0 Å². The van der Waals surface area contributed by atoms with Gasteiger partial charge in [0.25, 0.3) is 0 Å². The minimum absolute atomic E-state index is 0.719. The maximum absolute atomic E-state index is 5.89. The van der Waals surface area contributed by atoms with Crippen LogP contribution in [0.1, 0.15) is 30.2 Å². The molecular formula is C14H19N5O. The van der Waals surface area contributed by atoms with Crippen molar-refractivity contribution in [1.29, 1.82) is 0 Å². The van der Waals surface area contributed by atoms with Crippen LogP contribution in [0.5, 0.6) is 0 Å². The Kier molecular flexibility index (Phi) is 3.05. The number of nitrogens with one attached hydrogen (secondary N) is 1. The number of hydrogen-bond acceptors (Lipinski definition) is 5. The van der Waals surface area contributed by atoms with Gasteiger partial charge in [-0.15, -0.1) is 10.2 Å². The molecule has 0 spiro atoms. The van der Waals surface area contributed by atoms with E-state index in [0.29, 0.717) is 0 Å². The van der Waals surface area contributed by atoms with E-state index in [0.717, 1.165) is 56.1 Å². The molecule has 6 heteroatoms. The number of fused-ring (bicyclic) bond motifs is 1. The lowest BCUT2D eigenvalue weighted by Gasteiger charge is -2.25. The van der Waals surface area contributed by atoms with E-state index < -0.39 is 0 Å². The van der Waals surface area contributed by atoms with Gasteiger partial charge in [0.05, 0.1) is 19.6 Å². The van der Waals surface area contributed by atoms with Gasteiger partial charge in [-0.25, -0.2) is 0 Å². The first-order valence-electron chi connectivity index (χ1n) is 7.27. The van der Waals surface area contributed by atoms with E-state index in [1.165, 1.54) is 12.8 Å². The van der Waals surface area contributed by atoms with Crippen LogP contribution in [-0.4, -0.2) is 32.3 Å². The van der Waals surface area contributed by atoms with Gasteiger partial charge in [0, 0.05) is 19.1 Å². The summed E-state index contributed by atoms with van der Waals surface area (Å²) in [5, 5.41) is 11.6. The zero-order valence-corrected chi connectivity index (χ0v) is 11.5. The monoisotopic (exact) mass is 273 g/mol. The van der Waals surface area contributed by atoms with Crippen LogP contribution >= 0.6 is 0 Å². The van der Waals surface area contributed by atoms with Gasteiger partial charge in [-0.1, -0.05) is 0 Å². The lowest BCUT2D eigenvalue weighted by Crippen LogP contribution is -2.33. The molecule has 2 aromatic heterocycles. The molecule has 0 bridgehead atoms. The molecule has 1 aliphatic heterocycles. The fraction of sp³-hybridized carbons (Fsp3) is 0.571. The second kappa shape index (κ2) is 5.03. The first-order valence-corrected chi connectivity index (χ1v) is 7.27. The zero-order chi connectivity index (χ0) is 13.4. The van der Waals surface area contributed by atoms with Gasteiger partial charge in [0.15, 0.2) is 0 Å². The van der Waals surface area contributed by atoms with E-state index in [-0.39, 0.29) is 0 Å². The van der Waals surface area contributed by atoms with Gasteiger partial charge >= 0.3 is 0 Å². The van der Waals surface area contributed by atoms with E-state index in [4.69, 9.17) is 4.42 Å². The summed E-state index contributed by atoms with van der Waals surface area (Å²) in [4.78, 5) is 2.35. The van der Waals surface area contributed by atoms with E-state index in [9.17, 15) is 0 Å². The van der Waals surface area contributed by atoms with Crippen LogP contribution in [0, 0.1) is 0 Å². The van der Waals surface area contributed by atoms with Gasteiger partial charge in [-0.05, 0) is 25.0 Å². The SMILES string of the molecule is c1cc(CN2CCn3cnnc3C2)oc1CNC1CC1. The second-order valence-corrected chi connectivity index (χ2v) is 5.67. The number of hydrogen-bond donors (Lipinski definition) is 1. The lowest BCUT2D eigenvalue weighted by molar-refractivity contribution is 0.192. The average molecular weight is 273 g/mol. The standard InChI is InChI=1S/C14H19N5O/c1-2-11(1)15-7-12-3-4-13(20-12)8-18-5-6-19-10-16-17-14(19)9-18/h3-4,10-11,15H,1-2,5-9H2. The molecule has 0 amide bonds. The Labute approximate surface area is 117 Å². The zero-order valence-electron chi connectivity index (χ0n) is 11.5. The smallest absolute Gasteiger partial charge is 0.147 e. The van der Waals surface area contributed by atoms with Crippen molar-refractivity contribution in [3.05, 3.63) is 35.8 Å². The van der Waals surface area contributed by atoms with Crippen molar-refractivity contribution in [3.63, 3.8) is 0 Å². The summed E-state index contributed by atoms with van der Waals surface area (Å²) in [6.45, 7) is 4.51. The van der Waals surface area contributed by atoms with Crippen molar-refractivity contribution in [2.45, 2.75) is 45.1 Å². The molecule has 2 aromatic rings. The molecule has 0 aromatic carbocycles. The first kappa shape index (κ1) is 12.1. The van der Waals surface area contributed by atoms with Crippen LogP contribution in [0.4, 0.5) is 0 Å². The van der Waals surface area contributed by atoms with E-state index >= 15 is 0 Å². The topological polar surface area (TPSA) is 59.1 Å². The molecule has 6 nitrogen and oxygen atoms in total. The quantitative estimate of drug-likeness (QED) is 0.885. The highest BCUT2D eigenvalue weighted by molar-refractivity contribution is 5.08. The predicted octanol–water partition coefficient (Wildman–Crippen LogP) is 1.14. The third kappa shape index (κ3) is 2.62. The molecule has 0 saturated heterocycles. The summed E-state index contributed by atoms with van der Waals surface area (Å²) in [5.41, 5.74) is 0. The maximum Gasteiger partial charge on any atom is 0.147 e. The summed E-state index contributed by atoms with van der Waals surface area (Å²) in [6.07, 6.45) is 4.42. The average Bonchev–Trinajstić information content (AvgIpc) is 2.99. The predicted molar refractivity (Wildman–Crippen MR) is 72.7 cm³/mol. The molecule has 1 fully saturated rings. The van der Waals surface area contributed by atoms with Crippen LogP contribution in [-0.2, 0) is 26.2 Å². The number of nitrogens with zero attached hydrogens (tertiary/aromatic N) is 4. The van der Waals surface area contributed by atoms with E-state index in [1.807, 2.05) is 0 Å². The van der Waals surface area contributed by atoms with Crippen LogP contribution in [0.3, 0.4) is 0 Å². The summed E-state index contributed by atoms with van der Waals surface area (Å²) in [5.74, 6) is 3.11.